The standard InChI is InChI=1S/C19H30N4O/c1-6-20-18(23-13-19(3,4)24-5)21-10-9-15-12-22-17-11-14(2)7-8-16(15)17/h7-8,11-12,22H,6,9-10,13H2,1-5H3,(H2,20,21,23). The molecule has 0 fully saturated rings. The summed E-state index contributed by atoms with van der Waals surface area (Å²) in [5.41, 5.74) is 3.55. The Labute approximate surface area is 144 Å². The Balaban J connectivity index is 1.95. The van der Waals surface area contributed by atoms with Crippen molar-refractivity contribution in [3.63, 3.8) is 0 Å². The number of nitrogens with zero attached hydrogens (tertiary/aromatic N) is 1. The fourth-order valence-corrected chi connectivity index (χ4v) is 2.50. The molecule has 0 amide bonds. The van der Waals surface area contributed by atoms with Crippen molar-refractivity contribution in [2.24, 2.45) is 4.99 Å². The number of aromatic amines is 1. The second-order valence-electron chi connectivity index (χ2n) is 6.70. The van der Waals surface area contributed by atoms with E-state index in [-0.39, 0.29) is 5.60 Å². The Morgan fingerprint density at radius 1 is 1.29 bits per heavy atom. The summed E-state index contributed by atoms with van der Waals surface area (Å²) >= 11 is 0. The predicted octanol–water partition coefficient (Wildman–Crippen LogP) is 3.00. The first-order chi connectivity index (χ1) is 11.4. The second-order valence-corrected chi connectivity index (χ2v) is 6.70. The number of aliphatic imine (C=N–C) groups is 1. The van der Waals surface area contributed by atoms with E-state index >= 15 is 0 Å². The third-order valence-electron chi connectivity index (χ3n) is 4.12. The maximum atomic E-state index is 5.42. The summed E-state index contributed by atoms with van der Waals surface area (Å²) in [5.74, 6) is 0.832. The number of nitrogens with one attached hydrogen (secondary N) is 3. The molecule has 5 nitrogen and oxygen atoms in total. The minimum atomic E-state index is -0.253. The first-order valence-electron chi connectivity index (χ1n) is 8.59. The van der Waals surface area contributed by atoms with Crippen LogP contribution in [-0.2, 0) is 11.2 Å². The van der Waals surface area contributed by atoms with E-state index in [0.717, 1.165) is 25.5 Å². The number of fused-ring (bicyclic) bond motifs is 1. The van der Waals surface area contributed by atoms with Gasteiger partial charge in [0.25, 0.3) is 0 Å². The number of methoxy groups -OCH3 is 1. The normalized spacial score (nSPS) is 12.6. The van der Waals surface area contributed by atoms with Crippen LogP contribution in [0.4, 0.5) is 0 Å². The number of rotatable bonds is 7. The molecule has 0 aliphatic carbocycles. The first kappa shape index (κ1) is 18.3. The summed E-state index contributed by atoms with van der Waals surface area (Å²) < 4.78 is 5.42. The number of hydrogen-bond donors (Lipinski definition) is 3. The molecule has 1 heterocycles. The molecule has 2 aromatic rings. The minimum Gasteiger partial charge on any atom is -0.377 e. The molecule has 0 bridgehead atoms. The van der Waals surface area contributed by atoms with Crippen LogP contribution >= 0.6 is 0 Å². The Morgan fingerprint density at radius 2 is 2.08 bits per heavy atom. The molecule has 0 aliphatic rings. The Morgan fingerprint density at radius 3 is 2.79 bits per heavy atom. The van der Waals surface area contributed by atoms with Gasteiger partial charge in [0, 0.05) is 37.3 Å². The van der Waals surface area contributed by atoms with Gasteiger partial charge in [-0.3, -0.25) is 4.99 Å². The Bertz CT molecular complexity index is 688. The predicted molar refractivity (Wildman–Crippen MR) is 102 cm³/mol. The first-order valence-corrected chi connectivity index (χ1v) is 8.59. The highest BCUT2D eigenvalue weighted by atomic mass is 16.5. The molecule has 0 aliphatic heterocycles. The molecule has 0 spiro atoms. The average molecular weight is 330 g/mol. The van der Waals surface area contributed by atoms with Crippen LogP contribution in [0.1, 0.15) is 31.9 Å². The molecule has 0 atom stereocenters. The molecule has 24 heavy (non-hydrogen) atoms. The van der Waals surface area contributed by atoms with Crippen LogP contribution < -0.4 is 10.6 Å². The number of aromatic nitrogens is 1. The van der Waals surface area contributed by atoms with Crippen molar-refractivity contribution in [3.05, 3.63) is 35.5 Å². The molecular formula is C19H30N4O. The van der Waals surface area contributed by atoms with Crippen molar-refractivity contribution in [2.45, 2.75) is 39.7 Å². The zero-order chi connectivity index (χ0) is 17.6. The molecule has 1 aromatic carbocycles. The van der Waals surface area contributed by atoms with Gasteiger partial charge in [-0.15, -0.1) is 0 Å². The van der Waals surface area contributed by atoms with Crippen molar-refractivity contribution in [1.82, 2.24) is 15.6 Å². The lowest BCUT2D eigenvalue weighted by molar-refractivity contribution is 0.0310. The quantitative estimate of drug-likeness (QED) is 0.540. The average Bonchev–Trinajstić information content (AvgIpc) is 2.95. The van der Waals surface area contributed by atoms with Gasteiger partial charge < -0.3 is 20.4 Å². The van der Waals surface area contributed by atoms with Gasteiger partial charge >= 0.3 is 0 Å². The van der Waals surface area contributed by atoms with E-state index in [9.17, 15) is 0 Å². The summed E-state index contributed by atoms with van der Waals surface area (Å²) in [5, 5.41) is 7.98. The lowest BCUT2D eigenvalue weighted by atomic mass is 10.1. The number of benzene rings is 1. The number of H-pyrrole nitrogens is 1. The third-order valence-corrected chi connectivity index (χ3v) is 4.12. The Kier molecular flexibility index (Phi) is 6.26. The fourth-order valence-electron chi connectivity index (χ4n) is 2.50. The number of guanidine groups is 1. The van der Waals surface area contributed by atoms with Crippen molar-refractivity contribution in [2.75, 3.05) is 26.7 Å². The van der Waals surface area contributed by atoms with E-state index in [0.29, 0.717) is 6.54 Å². The van der Waals surface area contributed by atoms with Gasteiger partial charge in [-0.2, -0.15) is 0 Å². The SMILES string of the molecule is CCNC(=NCC(C)(C)OC)NCCc1c[nH]c2cc(C)ccc12. The number of aryl methyl sites for hydroxylation is 1. The molecule has 1 aromatic heterocycles. The fraction of sp³-hybridized carbons (Fsp3) is 0.526. The Hall–Kier alpha value is -2.01. The van der Waals surface area contributed by atoms with E-state index in [1.54, 1.807) is 7.11 Å². The smallest absolute Gasteiger partial charge is 0.191 e. The van der Waals surface area contributed by atoms with Crippen LogP contribution in [0.3, 0.4) is 0 Å². The summed E-state index contributed by atoms with van der Waals surface area (Å²) in [6.45, 7) is 10.5. The summed E-state index contributed by atoms with van der Waals surface area (Å²) in [4.78, 5) is 7.97. The van der Waals surface area contributed by atoms with Crippen LogP contribution in [0.2, 0.25) is 0 Å². The second kappa shape index (κ2) is 8.20. The molecule has 0 unspecified atom stereocenters. The lowest BCUT2D eigenvalue weighted by Gasteiger charge is -2.21. The molecule has 132 valence electrons. The van der Waals surface area contributed by atoms with Gasteiger partial charge in [-0.05, 0) is 51.3 Å². The van der Waals surface area contributed by atoms with E-state index in [1.807, 2.05) is 13.8 Å². The minimum absolute atomic E-state index is 0.253. The highest BCUT2D eigenvalue weighted by Crippen LogP contribution is 2.19. The summed E-state index contributed by atoms with van der Waals surface area (Å²) in [6, 6.07) is 6.53. The van der Waals surface area contributed by atoms with E-state index in [1.165, 1.54) is 22.0 Å². The van der Waals surface area contributed by atoms with Crippen LogP contribution in [0.25, 0.3) is 10.9 Å². The highest BCUT2D eigenvalue weighted by Gasteiger charge is 2.15. The van der Waals surface area contributed by atoms with Crippen LogP contribution in [0, 0.1) is 6.92 Å². The van der Waals surface area contributed by atoms with Gasteiger partial charge in [-0.25, -0.2) is 0 Å². The maximum absolute atomic E-state index is 5.42. The van der Waals surface area contributed by atoms with Crippen LogP contribution in [0.15, 0.2) is 29.4 Å². The number of ether oxygens (including phenoxy) is 1. The molecule has 0 saturated heterocycles. The number of hydrogen-bond acceptors (Lipinski definition) is 2. The molecular weight excluding hydrogens is 300 g/mol. The van der Waals surface area contributed by atoms with Crippen molar-refractivity contribution < 1.29 is 4.74 Å². The topological polar surface area (TPSA) is 61.4 Å². The zero-order valence-corrected chi connectivity index (χ0v) is 15.5. The van der Waals surface area contributed by atoms with Gasteiger partial charge in [0.05, 0.1) is 12.1 Å². The van der Waals surface area contributed by atoms with Gasteiger partial charge in [0.15, 0.2) is 5.96 Å². The molecule has 3 N–H and O–H groups in total. The lowest BCUT2D eigenvalue weighted by Crippen LogP contribution is -2.40. The van der Waals surface area contributed by atoms with Crippen LogP contribution in [-0.4, -0.2) is 43.3 Å². The van der Waals surface area contributed by atoms with Crippen molar-refractivity contribution in [1.29, 1.82) is 0 Å². The van der Waals surface area contributed by atoms with Gasteiger partial charge in [0.2, 0.25) is 0 Å². The van der Waals surface area contributed by atoms with Crippen molar-refractivity contribution in [3.8, 4) is 0 Å². The van der Waals surface area contributed by atoms with Gasteiger partial charge in [-0.1, -0.05) is 12.1 Å². The highest BCUT2D eigenvalue weighted by molar-refractivity contribution is 5.84. The third kappa shape index (κ3) is 4.99. The monoisotopic (exact) mass is 330 g/mol. The van der Waals surface area contributed by atoms with Crippen LogP contribution in [0.5, 0.6) is 0 Å². The molecule has 5 heteroatoms. The van der Waals surface area contributed by atoms with Gasteiger partial charge in [0.1, 0.15) is 0 Å². The molecule has 2 rings (SSSR count). The van der Waals surface area contributed by atoms with E-state index in [2.05, 4.69) is 58.9 Å². The van der Waals surface area contributed by atoms with E-state index < -0.39 is 0 Å². The van der Waals surface area contributed by atoms with Crippen molar-refractivity contribution >= 4 is 16.9 Å². The molecule has 0 saturated carbocycles. The molecule has 0 radical (unpaired) electrons. The van der Waals surface area contributed by atoms with E-state index in [4.69, 9.17) is 4.74 Å². The maximum Gasteiger partial charge on any atom is 0.191 e. The largest absolute Gasteiger partial charge is 0.377 e. The summed E-state index contributed by atoms with van der Waals surface area (Å²) in [6.07, 6.45) is 3.05. The summed E-state index contributed by atoms with van der Waals surface area (Å²) in [7, 11) is 1.72. The zero-order valence-electron chi connectivity index (χ0n) is 15.5.